The van der Waals surface area contributed by atoms with E-state index in [0.717, 1.165) is 10.2 Å². The lowest BCUT2D eigenvalue weighted by atomic mass is 10.1. The van der Waals surface area contributed by atoms with E-state index in [1.807, 2.05) is 0 Å². The van der Waals surface area contributed by atoms with Crippen LogP contribution in [0.2, 0.25) is 0 Å². The van der Waals surface area contributed by atoms with E-state index in [-0.39, 0.29) is 0 Å². The molecule has 0 saturated heterocycles. The highest BCUT2D eigenvalue weighted by molar-refractivity contribution is 9.09. The van der Waals surface area contributed by atoms with Gasteiger partial charge in [-0.3, -0.25) is 0 Å². The Morgan fingerprint density at radius 3 is 2.25 bits per heavy atom. The van der Waals surface area contributed by atoms with Crippen LogP contribution in [-0.2, 0) is 0 Å². The molecule has 0 spiro atoms. The fourth-order valence-electron chi connectivity index (χ4n) is 1.21. The van der Waals surface area contributed by atoms with Gasteiger partial charge in [0.25, 0.3) is 0 Å². The highest BCUT2D eigenvalue weighted by atomic mass is 79.9. The van der Waals surface area contributed by atoms with E-state index >= 15 is 0 Å². The minimum atomic E-state index is 0.771. The zero-order chi connectivity index (χ0) is 9.23. The van der Waals surface area contributed by atoms with E-state index in [1.54, 1.807) is 0 Å². The molecular formula is C10H20Br2. The molecule has 2 heteroatoms. The molecule has 0 bridgehead atoms. The number of rotatable bonds is 8. The van der Waals surface area contributed by atoms with E-state index in [9.17, 15) is 0 Å². The summed E-state index contributed by atoms with van der Waals surface area (Å²) in [7, 11) is 0. The summed E-state index contributed by atoms with van der Waals surface area (Å²) in [5.41, 5.74) is 0. The number of hydrogen-bond donors (Lipinski definition) is 0. The maximum atomic E-state index is 3.72. The first kappa shape index (κ1) is 13.0. The molecule has 1 atom stereocenters. The Hall–Kier alpha value is 0.960. The van der Waals surface area contributed by atoms with Gasteiger partial charge < -0.3 is 0 Å². The van der Waals surface area contributed by atoms with Gasteiger partial charge in [0.1, 0.15) is 0 Å². The Morgan fingerprint density at radius 2 is 1.67 bits per heavy atom. The monoisotopic (exact) mass is 298 g/mol. The lowest BCUT2D eigenvalue weighted by molar-refractivity contribution is 0.605. The Bertz CT molecular complexity index is 83.9. The van der Waals surface area contributed by atoms with Gasteiger partial charge in [-0.1, -0.05) is 64.5 Å². The van der Waals surface area contributed by atoms with Gasteiger partial charge in [-0.15, -0.1) is 0 Å². The molecule has 0 aromatic rings. The maximum Gasteiger partial charge on any atom is 0.0145 e. The Labute approximate surface area is 93.8 Å². The molecule has 12 heavy (non-hydrogen) atoms. The highest BCUT2D eigenvalue weighted by Crippen LogP contribution is 2.17. The van der Waals surface area contributed by atoms with Crippen molar-refractivity contribution in [2.24, 2.45) is 0 Å². The van der Waals surface area contributed by atoms with Gasteiger partial charge in [0, 0.05) is 10.2 Å². The molecular weight excluding hydrogens is 280 g/mol. The normalized spacial score (nSPS) is 13.2. The van der Waals surface area contributed by atoms with Crippen LogP contribution in [0, 0.1) is 0 Å². The minimum absolute atomic E-state index is 0.771. The van der Waals surface area contributed by atoms with Crippen molar-refractivity contribution in [1.29, 1.82) is 0 Å². The van der Waals surface area contributed by atoms with Gasteiger partial charge in [-0.2, -0.15) is 0 Å². The molecule has 0 heterocycles. The SMILES string of the molecule is CCCCC(Br)CCCCCBr. The fraction of sp³-hybridized carbons (Fsp3) is 1.00. The Morgan fingerprint density at radius 1 is 1.00 bits per heavy atom. The summed E-state index contributed by atoms with van der Waals surface area (Å²) < 4.78 is 0. The number of halogens is 2. The second-order valence-electron chi connectivity index (χ2n) is 3.28. The molecule has 0 aliphatic heterocycles. The van der Waals surface area contributed by atoms with Crippen molar-refractivity contribution < 1.29 is 0 Å². The Balaban J connectivity index is 3.02. The van der Waals surface area contributed by atoms with E-state index < -0.39 is 0 Å². The van der Waals surface area contributed by atoms with Crippen molar-refractivity contribution in [1.82, 2.24) is 0 Å². The highest BCUT2D eigenvalue weighted by Gasteiger charge is 2.01. The summed E-state index contributed by atoms with van der Waals surface area (Å²) in [6, 6.07) is 0. The molecule has 0 saturated carbocycles. The van der Waals surface area contributed by atoms with Crippen LogP contribution in [0.4, 0.5) is 0 Å². The van der Waals surface area contributed by atoms with Crippen LogP contribution in [0.3, 0.4) is 0 Å². The number of hydrogen-bond acceptors (Lipinski definition) is 0. The van der Waals surface area contributed by atoms with Gasteiger partial charge in [0.05, 0.1) is 0 Å². The number of alkyl halides is 2. The average Bonchev–Trinajstić information content (AvgIpc) is 2.09. The van der Waals surface area contributed by atoms with Gasteiger partial charge in [0.15, 0.2) is 0 Å². The fourth-order valence-corrected chi connectivity index (χ4v) is 2.25. The van der Waals surface area contributed by atoms with Gasteiger partial charge >= 0.3 is 0 Å². The molecule has 0 aliphatic carbocycles. The molecule has 0 aliphatic rings. The van der Waals surface area contributed by atoms with Crippen LogP contribution in [-0.4, -0.2) is 10.2 Å². The first-order valence-electron chi connectivity index (χ1n) is 5.01. The maximum absolute atomic E-state index is 3.72. The van der Waals surface area contributed by atoms with Crippen LogP contribution >= 0.6 is 31.9 Å². The molecule has 0 aromatic heterocycles. The van der Waals surface area contributed by atoms with Crippen LogP contribution in [0.15, 0.2) is 0 Å². The largest absolute Gasteiger partial charge is 0.0928 e. The van der Waals surface area contributed by atoms with E-state index in [0.29, 0.717) is 0 Å². The predicted octanol–water partition coefficient (Wildman–Crippen LogP) is 4.90. The smallest absolute Gasteiger partial charge is 0.0145 e. The summed E-state index contributed by atoms with van der Waals surface area (Å²) >= 11 is 7.17. The second-order valence-corrected chi connectivity index (χ2v) is 5.37. The van der Waals surface area contributed by atoms with Crippen LogP contribution in [0.1, 0.15) is 51.9 Å². The van der Waals surface area contributed by atoms with E-state index in [2.05, 4.69) is 38.8 Å². The van der Waals surface area contributed by atoms with Crippen LogP contribution < -0.4 is 0 Å². The third kappa shape index (κ3) is 9.05. The first-order valence-corrected chi connectivity index (χ1v) is 7.05. The minimum Gasteiger partial charge on any atom is -0.0928 e. The quantitative estimate of drug-likeness (QED) is 0.442. The third-order valence-electron chi connectivity index (χ3n) is 2.02. The van der Waals surface area contributed by atoms with Gasteiger partial charge in [-0.25, -0.2) is 0 Å². The van der Waals surface area contributed by atoms with E-state index in [1.165, 1.54) is 44.9 Å². The summed E-state index contributed by atoms with van der Waals surface area (Å²) in [4.78, 5) is 0.771. The molecule has 0 rings (SSSR count). The van der Waals surface area contributed by atoms with Crippen molar-refractivity contribution in [3.63, 3.8) is 0 Å². The predicted molar refractivity (Wildman–Crippen MR) is 64.5 cm³/mol. The van der Waals surface area contributed by atoms with Crippen LogP contribution in [0.5, 0.6) is 0 Å². The van der Waals surface area contributed by atoms with Gasteiger partial charge in [-0.05, 0) is 19.3 Å². The summed E-state index contributed by atoms with van der Waals surface area (Å²) in [5, 5.41) is 1.16. The van der Waals surface area contributed by atoms with Crippen LogP contribution in [0.25, 0.3) is 0 Å². The lowest BCUT2D eigenvalue weighted by Gasteiger charge is -2.07. The van der Waals surface area contributed by atoms with Crippen molar-refractivity contribution in [3.05, 3.63) is 0 Å². The molecule has 0 fully saturated rings. The average molecular weight is 300 g/mol. The van der Waals surface area contributed by atoms with E-state index in [4.69, 9.17) is 0 Å². The summed E-state index contributed by atoms with van der Waals surface area (Å²) in [6.07, 6.45) is 9.48. The van der Waals surface area contributed by atoms with Crippen molar-refractivity contribution >= 4 is 31.9 Å². The Kier molecular flexibility index (Phi) is 10.8. The molecule has 1 unspecified atom stereocenters. The lowest BCUT2D eigenvalue weighted by Crippen LogP contribution is -1.97. The molecule has 0 N–H and O–H groups in total. The van der Waals surface area contributed by atoms with Crippen molar-refractivity contribution in [2.75, 3.05) is 5.33 Å². The molecule has 0 nitrogen and oxygen atoms in total. The van der Waals surface area contributed by atoms with Crippen molar-refractivity contribution in [3.8, 4) is 0 Å². The molecule has 74 valence electrons. The standard InChI is InChI=1S/C10H20Br2/c1-2-3-7-10(12)8-5-4-6-9-11/h10H,2-9H2,1H3. The van der Waals surface area contributed by atoms with Crippen molar-refractivity contribution in [2.45, 2.75) is 56.7 Å². The molecule has 0 radical (unpaired) electrons. The molecule has 0 amide bonds. The van der Waals surface area contributed by atoms with Gasteiger partial charge in [0.2, 0.25) is 0 Å². The summed E-state index contributed by atoms with van der Waals surface area (Å²) in [6.45, 7) is 2.25. The first-order chi connectivity index (χ1) is 5.81. The number of unbranched alkanes of at least 4 members (excludes halogenated alkanes) is 3. The topological polar surface area (TPSA) is 0 Å². The molecule has 0 aromatic carbocycles. The third-order valence-corrected chi connectivity index (χ3v) is 3.50. The second kappa shape index (κ2) is 10.0. The zero-order valence-electron chi connectivity index (χ0n) is 7.99. The zero-order valence-corrected chi connectivity index (χ0v) is 11.2. The summed E-state index contributed by atoms with van der Waals surface area (Å²) in [5.74, 6) is 0.